The van der Waals surface area contributed by atoms with Gasteiger partial charge >= 0.3 is 5.69 Å². The first-order chi connectivity index (χ1) is 12.7. The molecule has 2 heterocycles. The van der Waals surface area contributed by atoms with Gasteiger partial charge in [0.15, 0.2) is 11.2 Å². The first-order valence-corrected chi connectivity index (χ1v) is 9.55. The molecular weight excluding hydrogens is 340 g/mol. The minimum Gasteiger partial charge on any atom is -0.322 e. The molecule has 0 atom stereocenters. The van der Waals surface area contributed by atoms with Crippen LogP contribution in [0.25, 0.3) is 16.9 Å². The first-order valence-electron chi connectivity index (χ1n) is 9.55. The van der Waals surface area contributed by atoms with Gasteiger partial charge in [0.25, 0.3) is 5.56 Å². The Balaban J connectivity index is 2.37. The van der Waals surface area contributed by atoms with E-state index in [0.29, 0.717) is 23.6 Å². The second-order valence-electron chi connectivity index (χ2n) is 8.09. The van der Waals surface area contributed by atoms with Crippen molar-refractivity contribution in [3.8, 4) is 5.69 Å². The minimum atomic E-state index is -0.340. The Morgan fingerprint density at radius 3 is 2.11 bits per heavy atom. The predicted molar refractivity (Wildman–Crippen MR) is 109 cm³/mol. The second kappa shape index (κ2) is 7.18. The molecule has 0 radical (unpaired) electrons. The van der Waals surface area contributed by atoms with E-state index < -0.39 is 0 Å². The fourth-order valence-corrected chi connectivity index (χ4v) is 3.31. The maximum atomic E-state index is 13.2. The van der Waals surface area contributed by atoms with E-state index in [1.54, 1.807) is 10.9 Å². The van der Waals surface area contributed by atoms with Crippen LogP contribution in [0.3, 0.4) is 0 Å². The van der Waals surface area contributed by atoms with Crippen LogP contribution < -0.4 is 11.2 Å². The topological polar surface area (TPSA) is 61.8 Å². The molecule has 0 amide bonds. The van der Waals surface area contributed by atoms with Gasteiger partial charge in [0.05, 0.1) is 12.0 Å². The molecule has 0 saturated heterocycles. The lowest BCUT2D eigenvalue weighted by molar-refractivity contribution is 0.487. The standard InChI is InChI=1S/C21H28N4O2/c1-13(2)11-23-20(26)18-19(22-12-24(18)15(5)6)25(21(23)27)17-9-7-16(8-10-17)14(3)4/h7-10,12-15H,11H2,1-6H3. The molecule has 27 heavy (non-hydrogen) atoms. The van der Waals surface area contributed by atoms with E-state index in [1.807, 2.05) is 56.5 Å². The number of imidazole rings is 1. The summed E-state index contributed by atoms with van der Waals surface area (Å²) in [5.41, 5.74) is 2.19. The van der Waals surface area contributed by atoms with E-state index in [4.69, 9.17) is 0 Å². The van der Waals surface area contributed by atoms with Crippen LogP contribution in [-0.2, 0) is 6.54 Å². The predicted octanol–water partition coefficient (Wildman–Crippen LogP) is 3.71. The third kappa shape index (κ3) is 3.36. The zero-order chi connectivity index (χ0) is 19.9. The van der Waals surface area contributed by atoms with E-state index in [2.05, 4.69) is 18.8 Å². The molecular formula is C21H28N4O2. The minimum absolute atomic E-state index is 0.0736. The van der Waals surface area contributed by atoms with E-state index in [-0.39, 0.29) is 23.2 Å². The molecule has 144 valence electrons. The van der Waals surface area contributed by atoms with Crippen LogP contribution in [0.4, 0.5) is 0 Å². The SMILES string of the molecule is CC(C)Cn1c(=O)c2c(ncn2C(C)C)n(-c2ccc(C(C)C)cc2)c1=O. The normalized spacial score (nSPS) is 12.0. The van der Waals surface area contributed by atoms with Crippen molar-refractivity contribution in [3.63, 3.8) is 0 Å². The Bertz CT molecular complexity index is 1070. The fourth-order valence-electron chi connectivity index (χ4n) is 3.31. The fraction of sp³-hybridized carbons (Fsp3) is 0.476. The van der Waals surface area contributed by atoms with Crippen molar-refractivity contribution in [2.45, 2.75) is 60.0 Å². The van der Waals surface area contributed by atoms with Crippen LogP contribution in [0.2, 0.25) is 0 Å². The van der Waals surface area contributed by atoms with E-state index in [1.165, 1.54) is 10.1 Å². The highest BCUT2D eigenvalue weighted by Crippen LogP contribution is 2.19. The molecule has 6 heteroatoms. The molecule has 0 fully saturated rings. The summed E-state index contributed by atoms with van der Waals surface area (Å²) in [6, 6.07) is 7.97. The smallest absolute Gasteiger partial charge is 0.322 e. The molecule has 0 spiro atoms. The molecule has 1 aromatic carbocycles. The van der Waals surface area contributed by atoms with Gasteiger partial charge < -0.3 is 4.57 Å². The van der Waals surface area contributed by atoms with Crippen LogP contribution in [0, 0.1) is 5.92 Å². The highest BCUT2D eigenvalue weighted by Gasteiger charge is 2.20. The molecule has 2 aromatic heterocycles. The number of hydrogen-bond acceptors (Lipinski definition) is 3. The summed E-state index contributed by atoms with van der Waals surface area (Å²) in [7, 11) is 0. The Hall–Kier alpha value is -2.63. The lowest BCUT2D eigenvalue weighted by Crippen LogP contribution is -2.41. The highest BCUT2D eigenvalue weighted by atomic mass is 16.2. The van der Waals surface area contributed by atoms with Crippen LogP contribution in [0.15, 0.2) is 40.2 Å². The third-order valence-corrected chi connectivity index (χ3v) is 4.78. The summed E-state index contributed by atoms with van der Waals surface area (Å²) in [6.07, 6.45) is 1.65. The molecule has 0 aliphatic carbocycles. The average molecular weight is 368 g/mol. The van der Waals surface area contributed by atoms with E-state index in [0.717, 1.165) is 5.69 Å². The molecule has 0 unspecified atom stereocenters. The van der Waals surface area contributed by atoms with Crippen molar-refractivity contribution < 1.29 is 0 Å². The Labute approximate surface area is 159 Å². The second-order valence-corrected chi connectivity index (χ2v) is 8.09. The summed E-state index contributed by atoms with van der Waals surface area (Å²) in [5.74, 6) is 0.589. The number of fused-ring (bicyclic) bond motifs is 1. The summed E-state index contributed by atoms with van der Waals surface area (Å²) in [5, 5.41) is 0. The van der Waals surface area contributed by atoms with Gasteiger partial charge in [0.2, 0.25) is 0 Å². The molecule has 0 aliphatic rings. The lowest BCUT2D eigenvalue weighted by Gasteiger charge is -2.15. The number of hydrogen-bond donors (Lipinski definition) is 0. The summed E-state index contributed by atoms with van der Waals surface area (Å²) < 4.78 is 4.74. The summed E-state index contributed by atoms with van der Waals surface area (Å²) in [6.45, 7) is 12.6. The zero-order valence-electron chi connectivity index (χ0n) is 16.9. The van der Waals surface area contributed by atoms with Crippen molar-refractivity contribution in [3.05, 3.63) is 57.0 Å². The van der Waals surface area contributed by atoms with Gasteiger partial charge in [-0.1, -0.05) is 39.8 Å². The lowest BCUT2D eigenvalue weighted by atomic mass is 10.0. The number of nitrogens with zero attached hydrogens (tertiary/aromatic N) is 4. The number of benzene rings is 1. The maximum absolute atomic E-state index is 13.2. The van der Waals surface area contributed by atoms with Crippen LogP contribution >= 0.6 is 0 Å². The molecule has 0 aliphatic heterocycles. The monoisotopic (exact) mass is 368 g/mol. The van der Waals surface area contributed by atoms with Crippen molar-refractivity contribution in [2.75, 3.05) is 0 Å². The van der Waals surface area contributed by atoms with Crippen molar-refractivity contribution >= 4 is 11.2 Å². The molecule has 0 saturated carbocycles. The Morgan fingerprint density at radius 2 is 1.59 bits per heavy atom. The maximum Gasteiger partial charge on any atom is 0.337 e. The molecule has 3 aromatic rings. The van der Waals surface area contributed by atoms with Gasteiger partial charge in [-0.2, -0.15) is 0 Å². The van der Waals surface area contributed by atoms with Crippen LogP contribution in [-0.4, -0.2) is 18.7 Å². The third-order valence-electron chi connectivity index (χ3n) is 4.78. The van der Waals surface area contributed by atoms with E-state index >= 15 is 0 Å². The summed E-state index contributed by atoms with van der Waals surface area (Å²) in [4.78, 5) is 30.7. The van der Waals surface area contributed by atoms with Gasteiger partial charge in [-0.05, 0) is 43.4 Å². The largest absolute Gasteiger partial charge is 0.337 e. The van der Waals surface area contributed by atoms with Gasteiger partial charge in [-0.15, -0.1) is 0 Å². The van der Waals surface area contributed by atoms with E-state index in [9.17, 15) is 9.59 Å². The quantitative estimate of drug-likeness (QED) is 0.690. The molecule has 0 N–H and O–H groups in total. The Kier molecular flexibility index (Phi) is 5.09. The van der Waals surface area contributed by atoms with Crippen LogP contribution in [0.5, 0.6) is 0 Å². The number of rotatable bonds is 5. The van der Waals surface area contributed by atoms with Crippen molar-refractivity contribution in [2.24, 2.45) is 5.92 Å². The first kappa shape index (κ1) is 19.1. The van der Waals surface area contributed by atoms with Gasteiger partial charge in [0.1, 0.15) is 0 Å². The molecule has 6 nitrogen and oxygen atoms in total. The van der Waals surface area contributed by atoms with Crippen LogP contribution in [0.1, 0.15) is 59.1 Å². The average Bonchev–Trinajstić information content (AvgIpc) is 3.04. The number of aromatic nitrogens is 4. The van der Waals surface area contributed by atoms with Crippen molar-refractivity contribution in [1.29, 1.82) is 0 Å². The Morgan fingerprint density at radius 1 is 0.963 bits per heavy atom. The molecule has 3 rings (SSSR count). The van der Waals surface area contributed by atoms with Gasteiger partial charge in [-0.25, -0.2) is 14.3 Å². The van der Waals surface area contributed by atoms with Gasteiger partial charge in [0, 0.05) is 12.6 Å². The highest BCUT2D eigenvalue weighted by molar-refractivity contribution is 5.72. The molecule has 0 bridgehead atoms. The summed E-state index contributed by atoms with van der Waals surface area (Å²) >= 11 is 0. The zero-order valence-corrected chi connectivity index (χ0v) is 16.9. The van der Waals surface area contributed by atoms with Crippen molar-refractivity contribution in [1.82, 2.24) is 18.7 Å². The van der Waals surface area contributed by atoms with Gasteiger partial charge in [-0.3, -0.25) is 9.36 Å².